The average molecular weight is 454 g/mol. The van der Waals surface area contributed by atoms with Gasteiger partial charge in [-0.05, 0) is 24.3 Å². The van der Waals surface area contributed by atoms with Crippen molar-refractivity contribution in [3.63, 3.8) is 0 Å². The van der Waals surface area contributed by atoms with E-state index >= 15 is 0 Å². The topological polar surface area (TPSA) is 114 Å². The second-order valence-electron chi connectivity index (χ2n) is 6.63. The van der Waals surface area contributed by atoms with E-state index in [2.05, 4.69) is 25.3 Å². The maximum absolute atomic E-state index is 14.5. The third kappa shape index (κ3) is 3.36. The van der Waals surface area contributed by atoms with Crippen LogP contribution in [0.2, 0.25) is 5.02 Å². The summed E-state index contributed by atoms with van der Waals surface area (Å²) in [4.78, 5) is 27.7. The summed E-state index contributed by atoms with van der Waals surface area (Å²) in [5.74, 6) is -3.11. The fourth-order valence-electron chi connectivity index (χ4n) is 3.26. The monoisotopic (exact) mass is 453 g/mol. The molecule has 2 aromatic carbocycles. The zero-order valence-electron chi connectivity index (χ0n) is 15.8. The number of nitrogens with zero attached hydrogens (tertiary/aromatic N) is 4. The van der Waals surface area contributed by atoms with Crippen molar-refractivity contribution in [3.05, 3.63) is 71.2 Å². The molecule has 0 aliphatic rings. The minimum atomic E-state index is -1.27. The molecule has 0 saturated carbocycles. The molecule has 0 atom stereocenters. The van der Waals surface area contributed by atoms with Crippen LogP contribution in [-0.4, -0.2) is 31.0 Å². The van der Waals surface area contributed by atoms with Crippen molar-refractivity contribution in [2.24, 2.45) is 0 Å². The lowest BCUT2D eigenvalue weighted by atomic mass is 10.0. The van der Waals surface area contributed by atoms with E-state index in [9.17, 15) is 13.6 Å². The molecule has 0 fully saturated rings. The molecule has 32 heavy (non-hydrogen) atoms. The predicted octanol–water partition coefficient (Wildman–Crippen LogP) is 5.21. The molecule has 5 rings (SSSR count). The van der Waals surface area contributed by atoms with Crippen LogP contribution >= 0.6 is 11.6 Å². The second-order valence-corrected chi connectivity index (χ2v) is 7.07. The minimum absolute atomic E-state index is 0.0548. The highest BCUT2D eigenvalue weighted by Gasteiger charge is 2.19. The number of carboxylic acids is 1. The van der Waals surface area contributed by atoms with Crippen LogP contribution in [0.5, 0.6) is 0 Å². The summed E-state index contributed by atoms with van der Waals surface area (Å²) in [6.07, 6.45) is 2.40. The van der Waals surface area contributed by atoms with E-state index in [1.807, 2.05) is 0 Å². The summed E-state index contributed by atoms with van der Waals surface area (Å²) in [6.45, 7) is 0. The normalized spacial score (nSPS) is 11.2. The predicted molar refractivity (Wildman–Crippen MR) is 112 cm³/mol. The summed E-state index contributed by atoms with van der Waals surface area (Å²) in [6, 6.07) is 8.27. The van der Waals surface area contributed by atoms with E-state index in [4.69, 9.17) is 21.1 Å². The quantitative estimate of drug-likeness (QED) is 0.356. The van der Waals surface area contributed by atoms with Crippen LogP contribution in [0.4, 0.5) is 20.7 Å². The molecule has 0 unspecified atom stereocenters. The first-order valence-corrected chi connectivity index (χ1v) is 9.45. The van der Waals surface area contributed by atoms with Crippen molar-refractivity contribution in [3.8, 4) is 11.3 Å². The van der Waals surface area contributed by atoms with Gasteiger partial charge in [-0.2, -0.15) is 0 Å². The lowest BCUT2D eigenvalue weighted by molar-refractivity contribution is 0.0663. The highest BCUT2D eigenvalue weighted by atomic mass is 35.5. The van der Waals surface area contributed by atoms with E-state index in [1.54, 1.807) is 18.2 Å². The summed E-state index contributed by atoms with van der Waals surface area (Å²) >= 11 is 6.15. The third-order valence-electron chi connectivity index (χ3n) is 4.63. The maximum atomic E-state index is 14.5. The number of nitrogens with one attached hydrogen (secondary N) is 1. The van der Waals surface area contributed by atoms with Crippen molar-refractivity contribution < 1.29 is 23.1 Å². The average Bonchev–Trinajstić information content (AvgIpc) is 3.22. The molecule has 3 aromatic heterocycles. The molecular weight excluding hydrogens is 444 g/mol. The largest absolute Gasteiger partial charge is 0.475 e. The molecule has 8 nitrogen and oxygen atoms in total. The molecule has 3 heterocycles. The van der Waals surface area contributed by atoms with Gasteiger partial charge in [-0.15, -0.1) is 0 Å². The van der Waals surface area contributed by atoms with E-state index in [0.717, 1.165) is 18.3 Å². The van der Waals surface area contributed by atoms with Gasteiger partial charge in [-0.1, -0.05) is 23.7 Å². The Kier molecular flexibility index (Phi) is 4.63. The van der Waals surface area contributed by atoms with Gasteiger partial charge in [0.25, 0.3) is 0 Å². The lowest BCUT2D eigenvalue weighted by Gasteiger charge is -2.12. The number of pyridine rings is 1. The fourth-order valence-corrected chi connectivity index (χ4v) is 3.43. The van der Waals surface area contributed by atoms with Gasteiger partial charge in [-0.25, -0.2) is 33.5 Å². The number of halogens is 3. The SMILES string of the molecule is O=C(O)c1cnc(Nc2ncc3nc(-c4c(F)cccc4F)c4cc(Cl)ccc4c3n2)o1. The molecule has 158 valence electrons. The lowest BCUT2D eigenvalue weighted by Crippen LogP contribution is -2.00. The molecule has 0 bridgehead atoms. The molecule has 11 heteroatoms. The van der Waals surface area contributed by atoms with Crippen LogP contribution in [0.3, 0.4) is 0 Å². The van der Waals surface area contributed by atoms with E-state index < -0.39 is 17.6 Å². The molecule has 0 aliphatic carbocycles. The zero-order chi connectivity index (χ0) is 22.4. The molecule has 0 spiro atoms. The number of oxazole rings is 1. The van der Waals surface area contributed by atoms with Gasteiger partial charge < -0.3 is 9.52 Å². The Labute approximate surface area is 182 Å². The number of anilines is 2. The van der Waals surface area contributed by atoms with Gasteiger partial charge in [0.2, 0.25) is 11.7 Å². The summed E-state index contributed by atoms with van der Waals surface area (Å²) in [5, 5.41) is 12.9. The number of rotatable bonds is 4. The van der Waals surface area contributed by atoms with E-state index in [0.29, 0.717) is 21.3 Å². The maximum Gasteiger partial charge on any atom is 0.373 e. The summed E-state index contributed by atoms with van der Waals surface area (Å²) in [7, 11) is 0. The highest BCUT2D eigenvalue weighted by Crippen LogP contribution is 2.35. The van der Waals surface area contributed by atoms with Crippen LogP contribution in [0, 0.1) is 11.6 Å². The molecule has 0 aliphatic heterocycles. The van der Waals surface area contributed by atoms with E-state index in [1.165, 1.54) is 12.3 Å². The Bertz CT molecular complexity index is 1520. The van der Waals surface area contributed by atoms with Crippen LogP contribution in [0.15, 0.2) is 53.2 Å². The van der Waals surface area contributed by atoms with Gasteiger partial charge in [0, 0.05) is 15.8 Å². The number of aromatic nitrogens is 4. The second kappa shape index (κ2) is 7.50. The van der Waals surface area contributed by atoms with Crippen LogP contribution in [-0.2, 0) is 0 Å². The first-order chi connectivity index (χ1) is 15.4. The van der Waals surface area contributed by atoms with Gasteiger partial charge in [0.15, 0.2) is 0 Å². The summed E-state index contributed by atoms with van der Waals surface area (Å²) in [5.41, 5.74) is 0.430. The molecular formula is C21H10ClF2N5O3. The first-order valence-electron chi connectivity index (χ1n) is 9.07. The van der Waals surface area contributed by atoms with Crippen molar-refractivity contribution >= 4 is 51.3 Å². The number of benzene rings is 2. The molecule has 0 radical (unpaired) electrons. The van der Waals surface area contributed by atoms with E-state index in [-0.39, 0.29) is 34.5 Å². The van der Waals surface area contributed by atoms with Crippen molar-refractivity contribution in [1.29, 1.82) is 0 Å². The van der Waals surface area contributed by atoms with Gasteiger partial charge in [-0.3, -0.25) is 5.32 Å². The van der Waals surface area contributed by atoms with Gasteiger partial charge in [0.1, 0.15) is 22.7 Å². The van der Waals surface area contributed by atoms with Crippen molar-refractivity contribution in [1.82, 2.24) is 19.9 Å². The van der Waals surface area contributed by atoms with Crippen LogP contribution in [0.25, 0.3) is 33.1 Å². The standard InChI is InChI=1S/C21H10ClF2N5O3/c22-9-4-5-10-11(6-9)18(16-12(23)2-1-3-13(16)24)27-14-7-25-20(28-17(10)14)29-21-26-8-15(32-21)19(30)31/h1-8H,(H,30,31)(H,25,26,28,29). The minimum Gasteiger partial charge on any atom is -0.475 e. The molecule has 2 N–H and O–H groups in total. The highest BCUT2D eigenvalue weighted by molar-refractivity contribution is 6.31. The van der Waals surface area contributed by atoms with Crippen LogP contribution < -0.4 is 5.32 Å². The molecule has 5 aromatic rings. The summed E-state index contributed by atoms with van der Waals surface area (Å²) < 4.78 is 34.1. The number of aromatic carboxylic acids is 1. The number of fused-ring (bicyclic) bond motifs is 3. The Hall–Kier alpha value is -4.18. The van der Waals surface area contributed by atoms with Crippen molar-refractivity contribution in [2.45, 2.75) is 0 Å². The van der Waals surface area contributed by atoms with Gasteiger partial charge >= 0.3 is 12.0 Å². The molecule has 0 saturated heterocycles. The van der Waals surface area contributed by atoms with Crippen molar-refractivity contribution in [2.75, 3.05) is 5.32 Å². The smallest absolute Gasteiger partial charge is 0.373 e. The number of hydrogen-bond donors (Lipinski definition) is 2. The zero-order valence-corrected chi connectivity index (χ0v) is 16.6. The Balaban J connectivity index is 1.70. The van der Waals surface area contributed by atoms with Gasteiger partial charge in [0.05, 0.1) is 23.7 Å². The number of carboxylic acid groups (broad SMARTS) is 1. The Morgan fingerprint density at radius 1 is 1.03 bits per heavy atom. The van der Waals surface area contributed by atoms with Crippen LogP contribution in [0.1, 0.15) is 10.6 Å². The Morgan fingerprint density at radius 2 is 1.81 bits per heavy atom. The third-order valence-corrected chi connectivity index (χ3v) is 4.86. The first kappa shape index (κ1) is 19.8. The molecule has 0 amide bonds. The number of hydrogen-bond acceptors (Lipinski definition) is 7. The fraction of sp³-hybridized carbons (Fsp3) is 0. The number of carbonyl (C=O) groups is 1. The Morgan fingerprint density at radius 3 is 2.53 bits per heavy atom.